The zero-order chi connectivity index (χ0) is 46.9. The van der Waals surface area contributed by atoms with E-state index in [4.69, 9.17) is 18.9 Å². The molecule has 380 valence electrons. The van der Waals surface area contributed by atoms with Crippen LogP contribution in [0.3, 0.4) is 0 Å². The first kappa shape index (κ1) is 65.3. The second-order valence-corrected chi connectivity index (χ2v) is 19.1. The van der Waals surface area contributed by atoms with Gasteiger partial charge in [-0.2, -0.15) is 0 Å². The second kappa shape index (κ2) is 60.3. The standard InChI is InChI=1S/C30H59NO2.C28H53BrO2/c1-5-7-9-11-13-14-15-16-17-18-19-20-21-22-24-26-28-33-30(29-31(3)4)32-27-25-23-12-10-8-6-2;1-3-5-7-9-11-12-13-14-15-16-17-18-19-20-22-24-26-31-28(27-29)30-25-23-21-10-8-6-4-2/h13-14,16-17,30H,5-12,15,18-29H2,1-4H3;11-12,14-15,28H,3-10,13,16-27H2,1-2H3/b14-13-,17-16-;12-11-,15-14-. The summed E-state index contributed by atoms with van der Waals surface area (Å²) < 4.78 is 23.8. The Bertz CT molecular complexity index is 953. The number of nitrogens with zero attached hydrogens (tertiary/aromatic N) is 1. The third kappa shape index (κ3) is 59.3. The first-order chi connectivity index (χ1) is 31.5. The van der Waals surface area contributed by atoms with E-state index in [0.717, 1.165) is 76.8 Å². The number of likely N-dealkylation sites (N-methyl/N-ethyl adjacent to an activating group) is 1. The average Bonchev–Trinajstić information content (AvgIpc) is 3.29. The molecule has 0 fully saturated rings. The van der Waals surface area contributed by atoms with Gasteiger partial charge in [0.25, 0.3) is 0 Å². The molecule has 0 heterocycles. The number of halogens is 1. The molecule has 6 heteroatoms. The van der Waals surface area contributed by atoms with Crippen LogP contribution < -0.4 is 0 Å². The molecule has 0 saturated carbocycles. The van der Waals surface area contributed by atoms with Gasteiger partial charge in [0.2, 0.25) is 0 Å². The first-order valence-corrected chi connectivity index (χ1v) is 28.9. The van der Waals surface area contributed by atoms with Crippen molar-refractivity contribution in [2.24, 2.45) is 0 Å². The maximum atomic E-state index is 6.04. The van der Waals surface area contributed by atoms with Crippen molar-refractivity contribution in [1.29, 1.82) is 0 Å². The molecule has 0 radical (unpaired) electrons. The molecule has 0 aliphatic carbocycles. The van der Waals surface area contributed by atoms with Crippen LogP contribution in [0.5, 0.6) is 0 Å². The topological polar surface area (TPSA) is 40.2 Å². The van der Waals surface area contributed by atoms with Gasteiger partial charge in [0.05, 0.1) is 5.33 Å². The largest absolute Gasteiger partial charge is 0.352 e. The van der Waals surface area contributed by atoms with Gasteiger partial charge in [-0.25, -0.2) is 0 Å². The number of hydrogen-bond donors (Lipinski definition) is 0. The molecule has 5 nitrogen and oxygen atoms in total. The van der Waals surface area contributed by atoms with Crippen LogP contribution in [-0.2, 0) is 18.9 Å². The van der Waals surface area contributed by atoms with Crippen molar-refractivity contribution in [1.82, 2.24) is 4.90 Å². The zero-order valence-electron chi connectivity index (χ0n) is 43.9. The molecule has 0 aromatic rings. The summed E-state index contributed by atoms with van der Waals surface area (Å²) in [7, 11) is 4.18. The minimum Gasteiger partial charge on any atom is -0.352 e. The molecule has 64 heavy (non-hydrogen) atoms. The number of ether oxygens (including phenoxy) is 4. The van der Waals surface area contributed by atoms with Crippen LogP contribution in [0.1, 0.15) is 259 Å². The van der Waals surface area contributed by atoms with E-state index in [1.807, 2.05) is 0 Å². The van der Waals surface area contributed by atoms with Gasteiger partial charge >= 0.3 is 0 Å². The number of rotatable bonds is 51. The minimum absolute atomic E-state index is 0.0754. The fraction of sp³-hybridized carbons (Fsp3) is 0.862. The Hall–Kier alpha value is -0.760. The molecule has 0 bridgehead atoms. The van der Waals surface area contributed by atoms with E-state index in [1.165, 1.54) is 193 Å². The van der Waals surface area contributed by atoms with Gasteiger partial charge in [-0.1, -0.05) is 233 Å². The highest BCUT2D eigenvalue weighted by molar-refractivity contribution is 9.09. The number of hydrogen-bond acceptors (Lipinski definition) is 5. The van der Waals surface area contributed by atoms with Gasteiger partial charge in [0.1, 0.15) is 0 Å². The lowest BCUT2D eigenvalue weighted by atomic mass is 10.1. The van der Waals surface area contributed by atoms with Gasteiger partial charge in [-0.3, -0.25) is 0 Å². The molecule has 2 atom stereocenters. The summed E-state index contributed by atoms with van der Waals surface area (Å²) in [4.78, 5) is 2.16. The van der Waals surface area contributed by atoms with Crippen molar-refractivity contribution >= 4 is 15.9 Å². The SMILES string of the molecule is CCCCC/C=C\C/C=C\CCCCCCCCOC(CBr)OCCCCCCCC.CCCCC/C=C\C/C=C\CCCCCCCCOC(CN(C)C)OCCCCCCCC. The average molecular weight is 967 g/mol. The van der Waals surface area contributed by atoms with Crippen LogP contribution in [-0.4, -0.2) is 69.9 Å². The molecule has 0 rings (SSSR count). The van der Waals surface area contributed by atoms with Crippen molar-refractivity contribution < 1.29 is 18.9 Å². The van der Waals surface area contributed by atoms with Crippen molar-refractivity contribution in [2.45, 2.75) is 271 Å². The lowest BCUT2D eigenvalue weighted by Gasteiger charge is -2.22. The van der Waals surface area contributed by atoms with E-state index in [-0.39, 0.29) is 12.6 Å². The Balaban J connectivity index is 0. The Kier molecular flexibility index (Phi) is 61.5. The Morgan fingerprint density at radius 1 is 0.328 bits per heavy atom. The molecule has 2 unspecified atom stereocenters. The maximum Gasteiger partial charge on any atom is 0.170 e. The van der Waals surface area contributed by atoms with Crippen molar-refractivity contribution in [3.05, 3.63) is 48.6 Å². The lowest BCUT2D eigenvalue weighted by molar-refractivity contribution is -0.150. The van der Waals surface area contributed by atoms with E-state index in [0.29, 0.717) is 0 Å². The third-order valence-electron chi connectivity index (χ3n) is 11.5. The van der Waals surface area contributed by atoms with E-state index in [1.54, 1.807) is 0 Å². The molecule has 0 spiro atoms. The van der Waals surface area contributed by atoms with Crippen molar-refractivity contribution in [3.8, 4) is 0 Å². The van der Waals surface area contributed by atoms with Gasteiger partial charge in [0, 0.05) is 33.0 Å². The van der Waals surface area contributed by atoms with Crippen molar-refractivity contribution in [3.63, 3.8) is 0 Å². The lowest BCUT2D eigenvalue weighted by Crippen LogP contribution is -2.31. The highest BCUT2D eigenvalue weighted by Crippen LogP contribution is 2.13. The summed E-state index contributed by atoms with van der Waals surface area (Å²) >= 11 is 3.51. The summed E-state index contributed by atoms with van der Waals surface area (Å²) in [6, 6.07) is 0. The molecular formula is C58H112BrNO4. The molecule has 0 saturated heterocycles. The van der Waals surface area contributed by atoms with Gasteiger partial charge in [0.15, 0.2) is 12.6 Å². The maximum absolute atomic E-state index is 6.04. The highest BCUT2D eigenvalue weighted by Gasteiger charge is 2.11. The fourth-order valence-corrected chi connectivity index (χ4v) is 7.77. The zero-order valence-corrected chi connectivity index (χ0v) is 45.5. The third-order valence-corrected chi connectivity index (χ3v) is 12.1. The van der Waals surface area contributed by atoms with E-state index in [9.17, 15) is 0 Å². The summed E-state index contributed by atoms with van der Waals surface area (Å²) in [5.74, 6) is 0. The first-order valence-electron chi connectivity index (χ1n) is 27.8. The number of allylic oxidation sites excluding steroid dienone is 8. The summed E-state index contributed by atoms with van der Waals surface area (Å²) in [6.07, 6.45) is 64.8. The van der Waals surface area contributed by atoms with E-state index in [2.05, 4.69) is 111 Å². The van der Waals surface area contributed by atoms with Crippen LogP contribution in [0.2, 0.25) is 0 Å². The molecule has 0 aliphatic heterocycles. The Morgan fingerprint density at radius 2 is 0.578 bits per heavy atom. The number of alkyl halides is 1. The predicted octanol–water partition coefficient (Wildman–Crippen LogP) is 19.0. The van der Waals surface area contributed by atoms with Gasteiger partial charge in [-0.15, -0.1) is 0 Å². The summed E-state index contributed by atoms with van der Waals surface area (Å²) in [6.45, 7) is 13.2. The Morgan fingerprint density at radius 3 is 0.875 bits per heavy atom. The molecule has 0 amide bonds. The van der Waals surface area contributed by atoms with Crippen LogP contribution in [0.25, 0.3) is 0 Å². The second-order valence-electron chi connectivity index (χ2n) is 18.5. The Labute approximate surface area is 410 Å². The molecule has 0 aliphatic rings. The van der Waals surface area contributed by atoms with Crippen LogP contribution in [0, 0.1) is 0 Å². The predicted molar refractivity (Wildman–Crippen MR) is 289 cm³/mol. The van der Waals surface area contributed by atoms with Crippen LogP contribution in [0.4, 0.5) is 0 Å². The van der Waals surface area contributed by atoms with Gasteiger partial charge in [-0.05, 0) is 104 Å². The quantitative estimate of drug-likeness (QED) is 0.0263. The smallest absolute Gasteiger partial charge is 0.170 e. The summed E-state index contributed by atoms with van der Waals surface area (Å²) in [5.41, 5.74) is 0. The van der Waals surface area contributed by atoms with Crippen LogP contribution in [0.15, 0.2) is 48.6 Å². The minimum atomic E-state index is -0.0754. The number of unbranched alkanes of at least 4 members (excludes halogenated alkanes) is 28. The normalized spacial score (nSPS) is 13.1. The van der Waals surface area contributed by atoms with E-state index < -0.39 is 0 Å². The monoisotopic (exact) mass is 966 g/mol. The van der Waals surface area contributed by atoms with Gasteiger partial charge < -0.3 is 23.8 Å². The van der Waals surface area contributed by atoms with Crippen molar-refractivity contribution in [2.75, 3.05) is 52.4 Å². The molecular weight excluding hydrogens is 855 g/mol. The van der Waals surface area contributed by atoms with Crippen LogP contribution >= 0.6 is 15.9 Å². The van der Waals surface area contributed by atoms with E-state index >= 15 is 0 Å². The highest BCUT2D eigenvalue weighted by atomic mass is 79.9. The fourth-order valence-electron chi connectivity index (χ4n) is 7.39. The molecule has 0 aromatic heterocycles. The molecule has 0 N–H and O–H groups in total. The molecule has 0 aromatic carbocycles. The summed E-state index contributed by atoms with van der Waals surface area (Å²) in [5, 5.41) is 0.769.